The first-order chi connectivity index (χ1) is 10.9. The fourth-order valence-corrected chi connectivity index (χ4v) is 3.16. The third kappa shape index (κ3) is 3.07. The van der Waals surface area contributed by atoms with Crippen LogP contribution in [0.2, 0.25) is 0 Å². The Bertz CT molecular complexity index is 855. The molecule has 1 aromatic heterocycles. The van der Waals surface area contributed by atoms with Crippen LogP contribution < -0.4 is 0 Å². The summed E-state index contributed by atoms with van der Waals surface area (Å²) in [5.74, 6) is 0.0611. The van der Waals surface area contributed by atoms with Crippen molar-refractivity contribution in [3.05, 3.63) is 59.0 Å². The molecular formula is C17H12F3NOS. The van der Waals surface area contributed by atoms with Crippen molar-refractivity contribution in [1.29, 1.82) is 0 Å². The molecule has 2 aromatic carbocycles. The molecule has 0 aliphatic heterocycles. The molecule has 0 unspecified atom stereocenters. The molecule has 0 aliphatic rings. The first-order valence-corrected chi connectivity index (χ1v) is 7.66. The number of halogens is 3. The number of hydrogen-bond acceptors (Lipinski definition) is 3. The summed E-state index contributed by atoms with van der Waals surface area (Å²) >= 11 is 1.12. The van der Waals surface area contributed by atoms with E-state index in [1.807, 2.05) is 13.0 Å². The summed E-state index contributed by atoms with van der Waals surface area (Å²) in [5.41, 5.74) is 1.18. The Labute approximate surface area is 134 Å². The van der Waals surface area contributed by atoms with Gasteiger partial charge in [-0.05, 0) is 30.7 Å². The molecule has 0 fully saturated rings. The summed E-state index contributed by atoms with van der Waals surface area (Å²) in [6.07, 6.45) is -4.44. The van der Waals surface area contributed by atoms with E-state index in [-0.39, 0.29) is 16.3 Å². The summed E-state index contributed by atoms with van der Waals surface area (Å²) in [6.45, 7) is 1.84. The Kier molecular flexibility index (Phi) is 3.85. The van der Waals surface area contributed by atoms with Crippen LogP contribution in [0.25, 0.3) is 21.8 Å². The second-order valence-electron chi connectivity index (χ2n) is 5.10. The molecular weight excluding hydrogens is 323 g/mol. The van der Waals surface area contributed by atoms with Gasteiger partial charge in [0.25, 0.3) is 0 Å². The van der Waals surface area contributed by atoms with Gasteiger partial charge in [-0.15, -0.1) is 11.3 Å². The Hall–Kier alpha value is -2.34. The molecule has 0 aliphatic carbocycles. The van der Waals surface area contributed by atoms with Crippen molar-refractivity contribution in [3.8, 4) is 27.6 Å². The van der Waals surface area contributed by atoms with Crippen molar-refractivity contribution in [2.24, 2.45) is 0 Å². The molecule has 1 N–H and O–H groups in total. The summed E-state index contributed by atoms with van der Waals surface area (Å²) in [4.78, 5) is 4.27. The van der Waals surface area contributed by atoms with Gasteiger partial charge < -0.3 is 5.11 Å². The van der Waals surface area contributed by atoms with Gasteiger partial charge in [0.15, 0.2) is 0 Å². The van der Waals surface area contributed by atoms with Crippen molar-refractivity contribution in [2.45, 2.75) is 13.1 Å². The van der Waals surface area contributed by atoms with E-state index >= 15 is 0 Å². The van der Waals surface area contributed by atoms with Crippen LogP contribution in [-0.4, -0.2) is 10.1 Å². The molecule has 1 heterocycles. The lowest BCUT2D eigenvalue weighted by Crippen LogP contribution is -2.06. The highest BCUT2D eigenvalue weighted by molar-refractivity contribution is 7.13. The van der Waals surface area contributed by atoms with Crippen molar-refractivity contribution >= 4 is 11.3 Å². The Balaban J connectivity index is 2.07. The van der Waals surface area contributed by atoms with Crippen molar-refractivity contribution in [3.63, 3.8) is 0 Å². The molecule has 0 radical (unpaired) electrons. The van der Waals surface area contributed by atoms with E-state index in [1.54, 1.807) is 23.6 Å². The highest BCUT2D eigenvalue weighted by Crippen LogP contribution is 2.40. The number of phenolic OH excluding ortho intramolecular Hbond substituents is 1. The third-order valence-electron chi connectivity index (χ3n) is 3.40. The number of nitrogens with zero attached hydrogens (tertiary/aromatic N) is 1. The van der Waals surface area contributed by atoms with Gasteiger partial charge in [0.2, 0.25) is 0 Å². The van der Waals surface area contributed by atoms with Gasteiger partial charge in [-0.25, -0.2) is 4.98 Å². The third-order valence-corrected chi connectivity index (χ3v) is 4.27. The SMILES string of the molecule is Cc1ccc(-c2csc(-c3ccccc3C(F)(F)F)n2)c(O)c1. The van der Waals surface area contributed by atoms with E-state index in [2.05, 4.69) is 4.98 Å². The maximum absolute atomic E-state index is 13.1. The summed E-state index contributed by atoms with van der Waals surface area (Å²) in [5, 5.41) is 11.9. The maximum atomic E-state index is 13.1. The van der Waals surface area contributed by atoms with Crippen molar-refractivity contribution < 1.29 is 18.3 Å². The maximum Gasteiger partial charge on any atom is 0.417 e. The molecule has 2 nitrogen and oxygen atoms in total. The number of aromatic nitrogens is 1. The first-order valence-electron chi connectivity index (χ1n) is 6.78. The number of aromatic hydroxyl groups is 1. The average molecular weight is 335 g/mol. The topological polar surface area (TPSA) is 33.1 Å². The number of alkyl halides is 3. The van der Waals surface area contributed by atoms with Crippen LogP contribution >= 0.6 is 11.3 Å². The molecule has 118 valence electrons. The number of rotatable bonds is 2. The molecule has 23 heavy (non-hydrogen) atoms. The molecule has 6 heteroatoms. The fourth-order valence-electron chi connectivity index (χ4n) is 2.30. The Morgan fingerprint density at radius 2 is 1.78 bits per heavy atom. The lowest BCUT2D eigenvalue weighted by Gasteiger charge is -2.10. The van der Waals surface area contributed by atoms with Crippen LogP contribution in [-0.2, 0) is 6.18 Å². The van der Waals surface area contributed by atoms with E-state index in [1.165, 1.54) is 12.1 Å². The molecule has 0 bridgehead atoms. The zero-order valence-electron chi connectivity index (χ0n) is 12.1. The van der Waals surface area contributed by atoms with Gasteiger partial charge in [-0.2, -0.15) is 13.2 Å². The van der Waals surface area contributed by atoms with Crippen LogP contribution in [0.1, 0.15) is 11.1 Å². The lowest BCUT2D eigenvalue weighted by atomic mass is 10.1. The molecule has 0 amide bonds. The molecule has 0 spiro atoms. The molecule has 0 saturated heterocycles. The lowest BCUT2D eigenvalue weighted by molar-refractivity contribution is -0.137. The van der Waals surface area contributed by atoms with Gasteiger partial charge in [0, 0.05) is 16.5 Å². The highest BCUT2D eigenvalue weighted by Gasteiger charge is 2.34. The van der Waals surface area contributed by atoms with Crippen molar-refractivity contribution in [2.75, 3.05) is 0 Å². The zero-order valence-corrected chi connectivity index (χ0v) is 12.9. The monoisotopic (exact) mass is 335 g/mol. The second kappa shape index (κ2) is 5.70. The van der Waals surface area contributed by atoms with Crippen LogP contribution in [0.5, 0.6) is 5.75 Å². The second-order valence-corrected chi connectivity index (χ2v) is 5.96. The van der Waals surface area contributed by atoms with E-state index in [9.17, 15) is 18.3 Å². The van der Waals surface area contributed by atoms with Gasteiger partial charge in [0.05, 0.1) is 11.3 Å². The Morgan fingerprint density at radius 1 is 1.04 bits per heavy atom. The molecule has 3 rings (SSSR count). The average Bonchev–Trinajstić information content (AvgIpc) is 2.96. The van der Waals surface area contributed by atoms with Crippen LogP contribution in [0, 0.1) is 6.92 Å². The van der Waals surface area contributed by atoms with Gasteiger partial charge >= 0.3 is 6.18 Å². The minimum Gasteiger partial charge on any atom is -0.507 e. The molecule has 0 atom stereocenters. The Morgan fingerprint density at radius 3 is 2.48 bits per heavy atom. The summed E-state index contributed by atoms with van der Waals surface area (Å²) in [7, 11) is 0. The smallest absolute Gasteiger partial charge is 0.417 e. The van der Waals surface area contributed by atoms with E-state index in [0.29, 0.717) is 11.3 Å². The first kappa shape index (κ1) is 15.6. The van der Waals surface area contributed by atoms with E-state index < -0.39 is 11.7 Å². The minimum atomic E-state index is -4.44. The standard InChI is InChI=1S/C17H12F3NOS/c1-10-6-7-12(15(22)8-10)14-9-23-16(21-14)11-4-2-3-5-13(11)17(18,19)20/h2-9,22H,1H3. The predicted octanol–water partition coefficient (Wildman–Crippen LogP) is 5.51. The van der Waals surface area contributed by atoms with E-state index in [0.717, 1.165) is 23.0 Å². The highest BCUT2D eigenvalue weighted by atomic mass is 32.1. The zero-order chi connectivity index (χ0) is 16.6. The molecule has 3 aromatic rings. The number of aryl methyl sites for hydroxylation is 1. The predicted molar refractivity (Wildman–Crippen MR) is 84.4 cm³/mol. The summed E-state index contributed by atoms with van der Waals surface area (Å²) < 4.78 is 39.3. The quantitative estimate of drug-likeness (QED) is 0.670. The van der Waals surface area contributed by atoms with Crippen LogP contribution in [0.3, 0.4) is 0 Å². The molecule has 0 saturated carbocycles. The number of thiazole rings is 1. The van der Waals surface area contributed by atoms with Gasteiger partial charge in [-0.1, -0.05) is 24.3 Å². The summed E-state index contributed by atoms with van der Waals surface area (Å²) in [6, 6.07) is 10.5. The van der Waals surface area contributed by atoms with Crippen LogP contribution in [0.4, 0.5) is 13.2 Å². The van der Waals surface area contributed by atoms with Gasteiger partial charge in [0.1, 0.15) is 10.8 Å². The number of benzene rings is 2. The fraction of sp³-hybridized carbons (Fsp3) is 0.118. The van der Waals surface area contributed by atoms with Crippen LogP contribution in [0.15, 0.2) is 47.8 Å². The van der Waals surface area contributed by atoms with Gasteiger partial charge in [-0.3, -0.25) is 0 Å². The number of hydrogen-bond donors (Lipinski definition) is 1. The normalized spacial score (nSPS) is 11.7. The minimum absolute atomic E-state index is 0.0443. The largest absolute Gasteiger partial charge is 0.507 e. The van der Waals surface area contributed by atoms with Crippen molar-refractivity contribution in [1.82, 2.24) is 4.98 Å². The number of phenols is 1. The van der Waals surface area contributed by atoms with E-state index in [4.69, 9.17) is 0 Å².